The summed E-state index contributed by atoms with van der Waals surface area (Å²) in [6.07, 6.45) is 0.978. The number of carbonyl (C=O) groups excluding carboxylic acids is 1. The summed E-state index contributed by atoms with van der Waals surface area (Å²) < 4.78 is 58.3. The van der Waals surface area contributed by atoms with Crippen molar-refractivity contribution in [2.24, 2.45) is 0 Å². The molecule has 2 aliphatic rings. The Morgan fingerprint density at radius 2 is 1.95 bits per heavy atom. The van der Waals surface area contributed by atoms with Crippen molar-refractivity contribution in [1.82, 2.24) is 24.3 Å². The number of amides is 1. The van der Waals surface area contributed by atoms with E-state index in [9.17, 15) is 22.4 Å². The highest BCUT2D eigenvalue weighted by molar-refractivity contribution is 5.98. The lowest BCUT2D eigenvalue weighted by Crippen LogP contribution is -2.45. The number of alkyl halides is 3. The maximum atomic E-state index is 14.0. The van der Waals surface area contributed by atoms with Gasteiger partial charge in [-0.1, -0.05) is 6.07 Å². The summed E-state index contributed by atoms with van der Waals surface area (Å²) in [5, 5.41) is 3.05. The molecule has 1 unspecified atom stereocenters. The standard InChI is InChI=1S/C27H30F4N6O2/c1-16(21-11-22(20(28)12-34-21)39-27(29,30)31)37-15-26(5-6-26)23-18(14-35(3)4)9-17(10-19(23)24(37)38)13-36-8-7-33-25(36)32-2/h7-12,16H,5-6,13-15H2,1-4H3,(H,32,33). The van der Waals surface area contributed by atoms with Crippen LogP contribution in [0.5, 0.6) is 5.75 Å². The zero-order valence-corrected chi connectivity index (χ0v) is 22.1. The van der Waals surface area contributed by atoms with Crippen LogP contribution in [0.2, 0.25) is 0 Å². The Morgan fingerprint density at radius 3 is 2.59 bits per heavy atom. The van der Waals surface area contributed by atoms with Crippen LogP contribution in [0.15, 0.2) is 36.8 Å². The number of halogens is 4. The van der Waals surface area contributed by atoms with Crippen LogP contribution in [-0.2, 0) is 18.5 Å². The fourth-order valence-electron chi connectivity index (χ4n) is 5.51. The molecular weight excluding hydrogens is 516 g/mol. The van der Waals surface area contributed by atoms with Crippen molar-refractivity contribution in [3.05, 3.63) is 70.6 Å². The molecule has 8 nitrogen and oxygen atoms in total. The number of carbonyl (C=O) groups is 1. The Kier molecular flexibility index (Phi) is 6.78. The Bertz CT molecular complexity index is 1400. The van der Waals surface area contributed by atoms with Crippen molar-refractivity contribution in [2.45, 2.75) is 50.7 Å². The summed E-state index contributed by atoms with van der Waals surface area (Å²) >= 11 is 0. The van der Waals surface area contributed by atoms with Gasteiger partial charge in [0.2, 0.25) is 5.95 Å². The topological polar surface area (TPSA) is 75.5 Å². The van der Waals surface area contributed by atoms with E-state index in [0.29, 0.717) is 37.3 Å². The van der Waals surface area contributed by atoms with Crippen LogP contribution in [0.1, 0.15) is 58.5 Å². The number of pyridine rings is 1. The van der Waals surface area contributed by atoms with Crippen LogP contribution < -0.4 is 10.1 Å². The molecule has 1 aliphatic carbocycles. The van der Waals surface area contributed by atoms with Gasteiger partial charge in [-0.05, 0) is 56.6 Å². The number of fused-ring (bicyclic) bond motifs is 2. The highest BCUT2D eigenvalue weighted by atomic mass is 19.4. The van der Waals surface area contributed by atoms with Gasteiger partial charge in [-0.15, -0.1) is 13.2 Å². The summed E-state index contributed by atoms with van der Waals surface area (Å²) in [7, 11) is 5.75. The second kappa shape index (κ2) is 9.82. The molecule has 39 heavy (non-hydrogen) atoms. The van der Waals surface area contributed by atoms with E-state index in [2.05, 4.69) is 31.0 Å². The number of rotatable bonds is 8. The van der Waals surface area contributed by atoms with E-state index in [4.69, 9.17) is 0 Å². The van der Waals surface area contributed by atoms with Gasteiger partial charge in [0, 0.05) is 49.6 Å². The van der Waals surface area contributed by atoms with Crippen molar-refractivity contribution in [1.29, 1.82) is 0 Å². The van der Waals surface area contributed by atoms with Gasteiger partial charge in [0.1, 0.15) is 0 Å². The molecular formula is C27H30F4N6O2. The molecule has 3 heterocycles. The lowest BCUT2D eigenvalue weighted by atomic mass is 9.81. The zero-order valence-electron chi connectivity index (χ0n) is 22.1. The van der Waals surface area contributed by atoms with Crippen molar-refractivity contribution < 1.29 is 27.1 Å². The molecule has 2 aromatic heterocycles. The lowest BCUT2D eigenvalue weighted by molar-refractivity contribution is -0.275. The molecule has 1 fully saturated rings. The minimum absolute atomic E-state index is 0.116. The first-order valence-corrected chi connectivity index (χ1v) is 12.6. The average Bonchev–Trinajstić information content (AvgIpc) is 3.48. The first-order valence-electron chi connectivity index (χ1n) is 12.6. The summed E-state index contributed by atoms with van der Waals surface area (Å²) in [6, 6.07) is 4.27. The smallest absolute Gasteiger partial charge is 0.403 e. The van der Waals surface area contributed by atoms with Gasteiger partial charge in [0.05, 0.1) is 24.5 Å². The molecule has 1 saturated carbocycles. The fraction of sp³-hybridized carbons (Fsp3) is 0.444. The molecule has 1 aliphatic heterocycles. The Labute approximate surface area is 223 Å². The van der Waals surface area contributed by atoms with Gasteiger partial charge >= 0.3 is 6.36 Å². The molecule has 5 rings (SSSR count). The van der Waals surface area contributed by atoms with Crippen molar-refractivity contribution in [3.63, 3.8) is 0 Å². The summed E-state index contributed by atoms with van der Waals surface area (Å²) in [6.45, 7) is 3.24. The number of hydrogen-bond donors (Lipinski definition) is 1. The SMILES string of the molecule is CNc1nccn1Cc1cc(CN(C)C)c2c(c1)C(=O)N(C(C)c1cc(OC(F)(F)F)c(F)cn1)CC21CC1. The van der Waals surface area contributed by atoms with Crippen molar-refractivity contribution in [2.75, 3.05) is 33.0 Å². The number of nitrogens with one attached hydrogen (secondary N) is 1. The highest BCUT2D eigenvalue weighted by Crippen LogP contribution is 2.55. The van der Waals surface area contributed by atoms with Gasteiger partial charge in [0.25, 0.3) is 5.91 Å². The molecule has 1 amide bonds. The first-order chi connectivity index (χ1) is 18.4. The minimum atomic E-state index is -5.05. The first kappa shape index (κ1) is 26.9. The molecule has 3 aromatic rings. The monoisotopic (exact) mass is 546 g/mol. The van der Waals surface area contributed by atoms with Crippen molar-refractivity contribution >= 4 is 11.9 Å². The third kappa shape index (κ3) is 5.29. The van der Waals surface area contributed by atoms with Crippen LogP contribution in [-0.4, -0.2) is 64.3 Å². The second-order valence-corrected chi connectivity index (χ2v) is 10.5. The summed E-state index contributed by atoms with van der Waals surface area (Å²) in [5.74, 6) is -1.74. The molecule has 1 aromatic carbocycles. The second-order valence-electron chi connectivity index (χ2n) is 10.5. The number of hydrogen-bond acceptors (Lipinski definition) is 6. The van der Waals surface area contributed by atoms with Gasteiger partial charge in [0.15, 0.2) is 11.6 Å². The maximum Gasteiger partial charge on any atom is 0.573 e. The molecule has 208 valence electrons. The Hall–Kier alpha value is -3.67. The molecule has 12 heteroatoms. The zero-order chi connectivity index (χ0) is 28.1. The Balaban J connectivity index is 1.54. The molecule has 0 saturated heterocycles. The lowest BCUT2D eigenvalue weighted by Gasteiger charge is -2.40. The van der Waals surface area contributed by atoms with E-state index in [-0.39, 0.29) is 17.0 Å². The van der Waals surface area contributed by atoms with E-state index < -0.39 is 24.0 Å². The van der Waals surface area contributed by atoms with Crippen LogP contribution in [0.3, 0.4) is 0 Å². The van der Waals surface area contributed by atoms with E-state index in [0.717, 1.165) is 35.6 Å². The number of nitrogens with zero attached hydrogens (tertiary/aromatic N) is 5. The number of anilines is 1. The maximum absolute atomic E-state index is 14.0. The number of aromatic nitrogens is 3. The van der Waals surface area contributed by atoms with E-state index >= 15 is 0 Å². The molecule has 0 radical (unpaired) electrons. The molecule has 1 spiro atoms. The van der Waals surface area contributed by atoms with E-state index in [1.54, 1.807) is 25.1 Å². The predicted molar refractivity (Wildman–Crippen MR) is 136 cm³/mol. The fourth-order valence-corrected chi connectivity index (χ4v) is 5.51. The number of benzene rings is 1. The normalized spacial score (nSPS) is 16.9. The van der Waals surface area contributed by atoms with Crippen LogP contribution in [0, 0.1) is 5.82 Å². The van der Waals surface area contributed by atoms with E-state index in [1.165, 1.54) is 0 Å². The predicted octanol–water partition coefficient (Wildman–Crippen LogP) is 4.72. The minimum Gasteiger partial charge on any atom is -0.403 e. The molecule has 0 bridgehead atoms. The molecule has 1 N–H and O–H groups in total. The van der Waals surface area contributed by atoms with Crippen LogP contribution in [0.25, 0.3) is 0 Å². The van der Waals surface area contributed by atoms with Crippen LogP contribution in [0.4, 0.5) is 23.5 Å². The Morgan fingerprint density at radius 1 is 1.21 bits per heavy atom. The third-order valence-corrected chi connectivity index (χ3v) is 7.37. The van der Waals surface area contributed by atoms with Gasteiger partial charge < -0.3 is 24.4 Å². The summed E-state index contributed by atoms with van der Waals surface area (Å²) in [4.78, 5) is 26.0. The molecule has 1 atom stereocenters. The third-order valence-electron chi connectivity index (χ3n) is 7.37. The van der Waals surface area contributed by atoms with Crippen molar-refractivity contribution in [3.8, 4) is 5.75 Å². The van der Waals surface area contributed by atoms with Gasteiger partial charge in [-0.2, -0.15) is 0 Å². The van der Waals surface area contributed by atoms with Gasteiger partial charge in [-0.25, -0.2) is 9.37 Å². The quantitative estimate of drug-likeness (QED) is 0.413. The van der Waals surface area contributed by atoms with Gasteiger partial charge in [-0.3, -0.25) is 9.78 Å². The summed E-state index contributed by atoms with van der Waals surface area (Å²) in [5.41, 5.74) is 3.51. The highest BCUT2D eigenvalue weighted by Gasteiger charge is 2.53. The van der Waals surface area contributed by atoms with Crippen LogP contribution >= 0.6 is 0 Å². The number of ether oxygens (including phenoxy) is 1. The largest absolute Gasteiger partial charge is 0.573 e. The number of imidazole rings is 1. The average molecular weight is 547 g/mol. The van der Waals surface area contributed by atoms with E-state index in [1.807, 2.05) is 30.9 Å².